The number of carbonyl (C=O) groups is 2. The summed E-state index contributed by atoms with van der Waals surface area (Å²) in [4.78, 5) is 25.4. The van der Waals surface area contributed by atoms with Crippen LogP contribution in [0.5, 0.6) is 0 Å². The Kier molecular flexibility index (Phi) is 14.5. The van der Waals surface area contributed by atoms with Crippen molar-refractivity contribution >= 4 is 34.3 Å². The Labute approximate surface area is 215 Å². The van der Waals surface area contributed by atoms with Crippen LogP contribution in [0.4, 0.5) is 0 Å². The molecule has 1 aromatic rings. The molecule has 1 aromatic carbocycles. The maximum Gasteiger partial charge on any atom is 0.328 e. The van der Waals surface area contributed by atoms with Gasteiger partial charge in [-0.05, 0) is 17.9 Å². The number of nitrogens with two attached hydrogens (primary N) is 1. The smallest absolute Gasteiger partial charge is 0.328 e. The number of hydrogen-bond acceptors (Lipinski definition) is 9. The average molecular weight is 532 g/mol. The van der Waals surface area contributed by atoms with Crippen LogP contribution in [0, 0.1) is 5.92 Å². The second-order valence-corrected chi connectivity index (χ2v) is 11.5. The molecule has 0 saturated heterocycles. The largest absolute Gasteiger partial charge is 0.467 e. The molecule has 0 spiro atoms. The van der Waals surface area contributed by atoms with Gasteiger partial charge in [0, 0.05) is 37.1 Å². The fraction of sp³-hybridized carbons (Fsp3) is 0.667. The van der Waals surface area contributed by atoms with Crippen LogP contribution in [-0.4, -0.2) is 82.5 Å². The number of methoxy groups -OCH3 is 1. The predicted molar refractivity (Wildman–Crippen MR) is 141 cm³/mol. The summed E-state index contributed by atoms with van der Waals surface area (Å²) in [5.41, 5.74) is 6.89. The van der Waals surface area contributed by atoms with Gasteiger partial charge in [0.25, 0.3) is 0 Å². The number of amides is 1. The minimum atomic E-state index is -3.33. The number of rotatable bonds is 17. The third kappa shape index (κ3) is 12.7. The van der Waals surface area contributed by atoms with E-state index in [1.165, 1.54) is 7.11 Å². The summed E-state index contributed by atoms with van der Waals surface area (Å²) in [6, 6.07) is 8.16. The Balaban J connectivity index is 3.02. The first-order valence-corrected chi connectivity index (χ1v) is 14.5. The molecule has 0 aromatic heterocycles. The lowest BCUT2D eigenvalue weighted by molar-refractivity contribution is -0.147. The normalized spacial score (nSPS) is 16.1. The second-order valence-electron chi connectivity index (χ2n) is 8.86. The van der Waals surface area contributed by atoms with Gasteiger partial charge in [-0.1, -0.05) is 50.6 Å². The summed E-state index contributed by atoms with van der Waals surface area (Å²) >= 11 is 4.23. The summed E-state index contributed by atoms with van der Waals surface area (Å²) < 4.78 is 34.1. The van der Waals surface area contributed by atoms with E-state index < -0.39 is 33.9 Å². The van der Waals surface area contributed by atoms with Crippen molar-refractivity contribution in [3.8, 4) is 0 Å². The molecule has 200 valence electrons. The molecular weight excluding hydrogens is 490 g/mol. The van der Waals surface area contributed by atoms with Crippen molar-refractivity contribution in [3.05, 3.63) is 35.9 Å². The quantitative estimate of drug-likeness (QED) is 0.172. The summed E-state index contributed by atoms with van der Waals surface area (Å²) in [6.45, 7) is 4.99. The van der Waals surface area contributed by atoms with Gasteiger partial charge in [-0.15, -0.1) is 0 Å². The monoisotopic (exact) mass is 531 g/mol. The van der Waals surface area contributed by atoms with E-state index in [-0.39, 0.29) is 43.2 Å². The van der Waals surface area contributed by atoms with Gasteiger partial charge in [-0.25, -0.2) is 13.2 Å². The van der Waals surface area contributed by atoms with Crippen molar-refractivity contribution in [1.82, 2.24) is 10.6 Å². The minimum Gasteiger partial charge on any atom is -0.467 e. The van der Waals surface area contributed by atoms with Crippen molar-refractivity contribution in [2.75, 3.05) is 38.0 Å². The molecule has 0 fully saturated rings. The molecule has 4 N–H and O–H groups in total. The van der Waals surface area contributed by atoms with Crippen LogP contribution < -0.4 is 16.4 Å². The third-order valence-corrected chi connectivity index (χ3v) is 7.27. The summed E-state index contributed by atoms with van der Waals surface area (Å²) in [5, 5.41) is 6.05. The molecule has 1 rings (SSSR count). The van der Waals surface area contributed by atoms with E-state index in [1.807, 2.05) is 30.3 Å². The van der Waals surface area contributed by atoms with Gasteiger partial charge in [0.1, 0.15) is 22.0 Å². The van der Waals surface area contributed by atoms with Crippen molar-refractivity contribution in [3.63, 3.8) is 0 Å². The summed E-state index contributed by atoms with van der Waals surface area (Å²) in [5.74, 6) is -0.668. The molecule has 0 bridgehead atoms. The maximum atomic E-state index is 13.2. The standard InChI is InChI=1S/C24H41N3O6S2/c1-5-17(2)21(26-14-19(25)16-34)15-33-22(13-18-9-7-6-8-10-18)23(28)27-20(24(29)32-3)11-12-35(4,30)31/h6-10,17,19-22,26,34H,5,11-16,25H2,1-4H3,(H,27,28)/t17?,19-,20+,21-,22+/m1/s1. The van der Waals surface area contributed by atoms with Gasteiger partial charge in [0.2, 0.25) is 5.91 Å². The lowest BCUT2D eigenvalue weighted by Gasteiger charge is -2.28. The number of nitrogens with one attached hydrogen (secondary N) is 2. The highest BCUT2D eigenvalue weighted by Crippen LogP contribution is 2.13. The lowest BCUT2D eigenvalue weighted by atomic mass is 9.99. The maximum absolute atomic E-state index is 13.2. The van der Waals surface area contributed by atoms with Crippen molar-refractivity contribution in [2.24, 2.45) is 11.7 Å². The van der Waals surface area contributed by atoms with Gasteiger partial charge >= 0.3 is 5.97 Å². The van der Waals surface area contributed by atoms with E-state index in [2.05, 4.69) is 37.1 Å². The van der Waals surface area contributed by atoms with Gasteiger partial charge in [-0.2, -0.15) is 12.6 Å². The topological polar surface area (TPSA) is 137 Å². The fourth-order valence-corrected chi connectivity index (χ4v) is 4.13. The van der Waals surface area contributed by atoms with Crippen LogP contribution in [0.3, 0.4) is 0 Å². The molecule has 0 aliphatic heterocycles. The van der Waals surface area contributed by atoms with Crippen LogP contribution in [0.15, 0.2) is 30.3 Å². The molecule has 0 heterocycles. The molecule has 35 heavy (non-hydrogen) atoms. The zero-order chi connectivity index (χ0) is 26.4. The van der Waals surface area contributed by atoms with Crippen LogP contribution in [-0.2, 0) is 35.3 Å². The molecule has 1 amide bonds. The number of thiol groups is 1. The Morgan fingerprint density at radius 1 is 1.20 bits per heavy atom. The molecule has 11 heteroatoms. The molecule has 0 radical (unpaired) electrons. The molecule has 0 aliphatic carbocycles. The molecule has 9 nitrogen and oxygen atoms in total. The first kappa shape index (κ1) is 31.4. The third-order valence-electron chi connectivity index (χ3n) is 5.82. The number of sulfone groups is 1. The van der Waals surface area contributed by atoms with Crippen LogP contribution >= 0.6 is 12.6 Å². The molecule has 0 saturated carbocycles. The first-order chi connectivity index (χ1) is 16.5. The van der Waals surface area contributed by atoms with E-state index in [4.69, 9.17) is 15.2 Å². The summed E-state index contributed by atoms with van der Waals surface area (Å²) in [7, 11) is -2.14. The van der Waals surface area contributed by atoms with E-state index in [9.17, 15) is 18.0 Å². The highest BCUT2D eigenvalue weighted by atomic mass is 32.2. The van der Waals surface area contributed by atoms with Gasteiger partial charge in [-0.3, -0.25) is 4.79 Å². The average Bonchev–Trinajstić information content (AvgIpc) is 2.84. The Hall–Kier alpha value is -1.66. The van der Waals surface area contributed by atoms with Crippen LogP contribution in [0.25, 0.3) is 0 Å². The number of carbonyl (C=O) groups excluding carboxylic acids is 2. The second kappa shape index (κ2) is 16.2. The van der Waals surface area contributed by atoms with Gasteiger partial charge in [0.15, 0.2) is 0 Å². The van der Waals surface area contributed by atoms with E-state index in [0.717, 1.165) is 18.2 Å². The SMILES string of the molecule is CCC(C)[C@@H](CO[C@@H](Cc1ccccc1)C(=O)N[C@@H](CCS(C)(=O)=O)C(=O)OC)NC[C@@H](N)CS. The van der Waals surface area contributed by atoms with E-state index >= 15 is 0 Å². The van der Waals surface area contributed by atoms with E-state index in [1.54, 1.807) is 0 Å². The Morgan fingerprint density at radius 3 is 2.40 bits per heavy atom. The summed E-state index contributed by atoms with van der Waals surface area (Å²) in [6.07, 6.45) is 1.29. The molecule has 5 atom stereocenters. The zero-order valence-electron chi connectivity index (χ0n) is 21.1. The van der Waals surface area contributed by atoms with Crippen molar-refractivity contribution in [1.29, 1.82) is 0 Å². The Bertz CT molecular complexity index is 869. The zero-order valence-corrected chi connectivity index (χ0v) is 22.8. The first-order valence-electron chi connectivity index (χ1n) is 11.8. The van der Waals surface area contributed by atoms with Gasteiger partial charge < -0.3 is 25.8 Å². The molecule has 1 unspecified atom stereocenters. The van der Waals surface area contributed by atoms with E-state index in [0.29, 0.717) is 12.3 Å². The van der Waals surface area contributed by atoms with Crippen LogP contribution in [0.1, 0.15) is 32.3 Å². The number of esters is 1. The molecule has 0 aliphatic rings. The fourth-order valence-electron chi connectivity index (χ4n) is 3.34. The highest BCUT2D eigenvalue weighted by molar-refractivity contribution is 7.90. The van der Waals surface area contributed by atoms with Crippen molar-refractivity contribution in [2.45, 2.75) is 57.3 Å². The molecular formula is C24H41N3O6S2. The Morgan fingerprint density at radius 2 is 1.86 bits per heavy atom. The minimum absolute atomic E-state index is 0.0429. The van der Waals surface area contributed by atoms with Gasteiger partial charge in [0.05, 0.1) is 19.5 Å². The number of benzene rings is 1. The van der Waals surface area contributed by atoms with Crippen molar-refractivity contribution < 1.29 is 27.5 Å². The number of hydrogen-bond donors (Lipinski definition) is 4. The number of ether oxygens (including phenoxy) is 2. The predicted octanol–water partition coefficient (Wildman–Crippen LogP) is 0.968. The highest BCUT2D eigenvalue weighted by Gasteiger charge is 2.29. The lowest BCUT2D eigenvalue weighted by Crippen LogP contribution is -2.50. The van der Waals surface area contributed by atoms with Crippen LogP contribution in [0.2, 0.25) is 0 Å².